The summed E-state index contributed by atoms with van der Waals surface area (Å²) < 4.78 is 27.7. The van der Waals surface area contributed by atoms with Gasteiger partial charge < -0.3 is 4.98 Å². The Morgan fingerprint density at radius 3 is 2.75 bits per heavy atom. The molecule has 3 nitrogen and oxygen atoms in total. The molecule has 2 aromatic carbocycles. The van der Waals surface area contributed by atoms with Crippen molar-refractivity contribution >= 4 is 22.5 Å². The van der Waals surface area contributed by atoms with Crippen LogP contribution in [0.2, 0.25) is 0 Å². The molecule has 0 amide bonds. The summed E-state index contributed by atoms with van der Waals surface area (Å²) >= 11 is 1.20. The first kappa shape index (κ1) is 16.2. The molecule has 0 saturated heterocycles. The third kappa shape index (κ3) is 2.91. The van der Waals surface area contributed by atoms with Crippen LogP contribution in [-0.4, -0.2) is 4.98 Å². The molecule has 0 bridgehead atoms. The fourth-order valence-electron chi connectivity index (χ4n) is 2.47. The smallest absolute Gasteiger partial charge is 0.267 e. The van der Waals surface area contributed by atoms with Gasteiger partial charge in [0, 0.05) is 16.5 Å². The number of H-pyrrole nitrogens is 1. The minimum atomic E-state index is -0.538. The van der Waals surface area contributed by atoms with Crippen LogP contribution >= 0.6 is 11.8 Å². The van der Waals surface area contributed by atoms with Gasteiger partial charge in [-0.15, -0.1) is 11.8 Å². The van der Waals surface area contributed by atoms with Gasteiger partial charge in [0.15, 0.2) is 0 Å². The maximum Gasteiger partial charge on any atom is 0.267 e. The number of benzene rings is 2. The van der Waals surface area contributed by atoms with Gasteiger partial charge in [-0.25, -0.2) is 8.78 Å². The molecule has 1 aromatic heterocycles. The second kappa shape index (κ2) is 6.46. The number of halogens is 2. The van der Waals surface area contributed by atoms with Gasteiger partial charge in [-0.05, 0) is 36.2 Å². The molecule has 0 aliphatic carbocycles. The first-order valence-corrected chi connectivity index (χ1v) is 8.12. The second-order valence-electron chi connectivity index (χ2n) is 5.30. The van der Waals surface area contributed by atoms with Gasteiger partial charge in [0.05, 0.1) is 5.03 Å². The highest BCUT2D eigenvalue weighted by molar-refractivity contribution is 7.98. The third-order valence-corrected chi connectivity index (χ3v) is 4.77. The number of aromatic nitrogens is 1. The van der Waals surface area contributed by atoms with E-state index in [1.54, 1.807) is 25.1 Å². The number of fused-ring (bicyclic) bond motifs is 1. The molecular weight excluding hydrogens is 330 g/mol. The van der Waals surface area contributed by atoms with E-state index in [0.29, 0.717) is 26.9 Å². The molecule has 6 heteroatoms. The van der Waals surface area contributed by atoms with Crippen LogP contribution in [0.25, 0.3) is 10.8 Å². The van der Waals surface area contributed by atoms with Crippen LogP contribution in [0.5, 0.6) is 0 Å². The monoisotopic (exact) mass is 342 g/mol. The standard InChI is InChI=1S/C18H12F2N2OS/c1-10-3-2-4-11(16(10)20)9-24-18-14-7-12(19)5-6-13(14)15(8-21)17(23)22-18/h2-7H,9H2,1H3,(H,22,23). The molecule has 0 radical (unpaired) electrons. The molecule has 0 aliphatic heterocycles. The molecule has 24 heavy (non-hydrogen) atoms. The first-order chi connectivity index (χ1) is 11.5. The van der Waals surface area contributed by atoms with Crippen LogP contribution in [0.1, 0.15) is 16.7 Å². The summed E-state index contributed by atoms with van der Waals surface area (Å²) in [6.45, 7) is 1.68. The molecule has 0 unspecified atom stereocenters. The zero-order chi connectivity index (χ0) is 17.3. The summed E-state index contributed by atoms with van der Waals surface area (Å²) in [4.78, 5) is 14.6. The lowest BCUT2D eigenvalue weighted by Gasteiger charge is -2.09. The molecule has 1 heterocycles. The van der Waals surface area contributed by atoms with Crippen LogP contribution in [0.4, 0.5) is 8.78 Å². The summed E-state index contributed by atoms with van der Waals surface area (Å²) in [5.41, 5.74) is 0.437. The van der Waals surface area contributed by atoms with Crippen LogP contribution in [0, 0.1) is 29.9 Å². The number of rotatable bonds is 3. The number of nitriles is 1. The average Bonchev–Trinajstić information content (AvgIpc) is 2.56. The van der Waals surface area contributed by atoms with Gasteiger partial charge in [0.1, 0.15) is 23.3 Å². The first-order valence-electron chi connectivity index (χ1n) is 7.13. The van der Waals surface area contributed by atoms with Gasteiger partial charge in [0.2, 0.25) is 0 Å². The highest BCUT2D eigenvalue weighted by Gasteiger charge is 2.13. The Labute approximate surface area is 140 Å². The molecule has 120 valence electrons. The van der Waals surface area contributed by atoms with Crippen molar-refractivity contribution < 1.29 is 8.78 Å². The third-order valence-electron chi connectivity index (χ3n) is 3.71. The lowest BCUT2D eigenvalue weighted by atomic mass is 10.1. The number of nitrogens with zero attached hydrogens (tertiary/aromatic N) is 1. The van der Waals surface area contributed by atoms with Crippen molar-refractivity contribution in [2.45, 2.75) is 17.7 Å². The molecule has 0 atom stereocenters. The zero-order valence-corrected chi connectivity index (χ0v) is 13.5. The molecule has 0 aliphatic rings. The van der Waals surface area contributed by atoms with E-state index in [2.05, 4.69) is 4.98 Å². The average molecular weight is 342 g/mol. The topological polar surface area (TPSA) is 56.6 Å². The van der Waals surface area contributed by atoms with E-state index in [0.717, 1.165) is 0 Å². The van der Waals surface area contributed by atoms with E-state index in [1.165, 1.54) is 30.0 Å². The van der Waals surface area contributed by atoms with Gasteiger partial charge in [-0.1, -0.05) is 18.2 Å². The lowest BCUT2D eigenvalue weighted by molar-refractivity contribution is 0.608. The second-order valence-corrected chi connectivity index (χ2v) is 6.28. The lowest BCUT2D eigenvalue weighted by Crippen LogP contribution is -2.12. The number of aryl methyl sites for hydroxylation is 1. The van der Waals surface area contributed by atoms with Crippen LogP contribution < -0.4 is 5.56 Å². The zero-order valence-electron chi connectivity index (χ0n) is 12.7. The van der Waals surface area contributed by atoms with E-state index < -0.39 is 11.4 Å². The molecule has 0 spiro atoms. The van der Waals surface area contributed by atoms with Gasteiger partial charge >= 0.3 is 0 Å². The normalized spacial score (nSPS) is 10.8. The van der Waals surface area contributed by atoms with Crippen LogP contribution in [0.3, 0.4) is 0 Å². The number of nitrogens with one attached hydrogen (secondary N) is 1. The fourth-order valence-corrected chi connectivity index (χ4v) is 3.48. The Kier molecular flexibility index (Phi) is 4.36. The van der Waals surface area contributed by atoms with E-state index in [4.69, 9.17) is 5.26 Å². The van der Waals surface area contributed by atoms with Crippen molar-refractivity contribution in [3.63, 3.8) is 0 Å². The fraction of sp³-hybridized carbons (Fsp3) is 0.111. The molecule has 3 rings (SSSR count). The van der Waals surface area contributed by atoms with E-state index in [9.17, 15) is 13.6 Å². The Morgan fingerprint density at radius 2 is 2.00 bits per heavy atom. The summed E-state index contributed by atoms with van der Waals surface area (Å²) in [6, 6.07) is 10.8. The molecule has 3 aromatic rings. The van der Waals surface area contributed by atoms with Crippen LogP contribution in [-0.2, 0) is 5.75 Å². The van der Waals surface area contributed by atoms with Crippen molar-refractivity contribution in [3.05, 3.63) is 75.1 Å². The number of aromatic amines is 1. The SMILES string of the molecule is Cc1cccc(CSc2[nH]c(=O)c(C#N)c3ccc(F)cc23)c1F. The molecule has 1 N–H and O–H groups in total. The number of hydrogen-bond donors (Lipinski definition) is 1. The number of pyridine rings is 1. The van der Waals surface area contributed by atoms with Crippen molar-refractivity contribution in [3.8, 4) is 6.07 Å². The highest BCUT2D eigenvalue weighted by atomic mass is 32.2. The predicted octanol–water partition coefficient (Wildman–Crippen LogP) is 4.28. The van der Waals surface area contributed by atoms with Gasteiger partial charge in [0.25, 0.3) is 5.56 Å². The van der Waals surface area contributed by atoms with Crippen molar-refractivity contribution in [2.24, 2.45) is 0 Å². The Bertz CT molecular complexity index is 1040. The predicted molar refractivity (Wildman–Crippen MR) is 89.9 cm³/mol. The molecular formula is C18H12F2N2OS. The van der Waals surface area contributed by atoms with Gasteiger partial charge in [-0.3, -0.25) is 4.79 Å². The highest BCUT2D eigenvalue weighted by Crippen LogP contribution is 2.30. The van der Waals surface area contributed by atoms with Crippen molar-refractivity contribution in [1.82, 2.24) is 4.98 Å². The molecule has 0 saturated carbocycles. The summed E-state index contributed by atoms with van der Waals surface area (Å²) in [7, 11) is 0. The van der Waals surface area contributed by atoms with Crippen molar-refractivity contribution in [2.75, 3.05) is 0 Å². The number of thioether (sulfide) groups is 1. The van der Waals surface area contributed by atoms with E-state index in [1.807, 2.05) is 6.07 Å². The molecule has 0 fully saturated rings. The Hall–Kier alpha value is -2.65. The Morgan fingerprint density at radius 1 is 1.21 bits per heavy atom. The Balaban J connectivity index is 2.07. The maximum atomic E-state index is 14.1. The van der Waals surface area contributed by atoms with E-state index in [-0.39, 0.29) is 17.1 Å². The summed E-state index contributed by atoms with van der Waals surface area (Å²) in [6.07, 6.45) is 0. The van der Waals surface area contributed by atoms with Gasteiger partial charge in [-0.2, -0.15) is 5.26 Å². The summed E-state index contributed by atoms with van der Waals surface area (Å²) in [5.74, 6) is -0.487. The largest absolute Gasteiger partial charge is 0.315 e. The van der Waals surface area contributed by atoms with Crippen molar-refractivity contribution in [1.29, 1.82) is 5.26 Å². The van der Waals surface area contributed by atoms with E-state index >= 15 is 0 Å². The summed E-state index contributed by atoms with van der Waals surface area (Å²) in [5, 5.41) is 10.4. The van der Waals surface area contributed by atoms with Crippen LogP contribution in [0.15, 0.2) is 46.2 Å². The maximum absolute atomic E-state index is 14.1. The minimum Gasteiger partial charge on any atom is -0.315 e. The quantitative estimate of drug-likeness (QED) is 0.723. The minimum absolute atomic E-state index is 0.0592. The number of hydrogen-bond acceptors (Lipinski definition) is 3.